The topological polar surface area (TPSA) is 13.1 Å². The maximum absolute atomic E-state index is 6.64. The fourth-order valence-electron chi connectivity index (χ4n) is 8.98. The molecule has 1 aliphatic carbocycles. The van der Waals surface area contributed by atoms with E-state index in [9.17, 15) is 0 Å². The zero-order chi connectivity index (χ0) is 31.7. The van der Waals surface area contributed by atoms with Crippen molar-refractivity contribution >= 4 is 75.8 Å². The molecule has 11 rings (SSSR count). The van der Waals surface area contributed by atoms with Crippen LogP contribution in [0.1, 0.15) is 25.0 Å². The van der Waals surface area contributed by atoms with Crippen LogP contribution in [0.15, 0.2) is 150 Å². The van der Waals surface area contributed by atoms with Crippen LogP contribution >= 0.6 is 0 Å². The Morgan fingerprint density at radius 3 is 1.73 bits per heavy atom. The van der Waals surface area contributed by atoms with Crippen LogP contribution in [0.2, 0.25) is 0 Å². The zero-order valence-electron chi connectivity index (χ0n) is 26.8. The molecule has 0 saturated heterocycles. The first-order chi connectivity index (χ1) is 23.6. The van der Waals surface area contributed by atoms with E-state index < -0.39 is 0 Å². The lowest BCUT2D eigenvalue weighted by Gasteiger charge is -2.23. The van der Waals surface area contributed by atoms with Crippen molar-refractivity contribution < 1.29 is 4.42 Å². The molecule has 224 valence electrons. The summed E-state index contributed by atoms with van der Waals surface area (Å²) < 4.78 is 6.64. The SMILES string of the molecule is CC1(C)c2cc3c4ccccc4c4ccccc4c3cc2-c2c1cc(-c1cccc3oc4c5ccccc5ccc4c13)c1ccccc21. The van der Waals surface area contributed by atoms with Crippen molar-refractivity contribution in [2.45, 2.75) is 19.3 Å². The number of fused-ring (bicyclic) bond motifs is 16. The summed E-state index contributed by atoms with van der Waals surface area (Å²) in [4.78, 5) is 0. The van der Waals surface area contributed by atoms with Crippen molar-refractivity contribution in [1.29, 1.82) is 0 Å². The normalized spacial score (nSPS) is 13.8. The molecule has 0 atom stereocenters. The predicted molar refractivity (Wildman–Crippen MR) is 204 cm³/mol. The molecule has 1 heteroatoms. The minimum atomic E-state index is -0.188. The summed E-state index contributed by atoms with van der Waals surface area (Å²) in [5, 5.41) is 15.2. The van der Waals surface area contributed by atoms with E-state index in [1.165, 1.54) is 87.2 Å². The number of furan rings is 1. The molecule has 0 spiro atoms. The lowest BCUT2D eigenvalue weighted by atomic mass is 9.79. The molecule has 48 heavy (non-hydrogen) atoms. The highest BCUT2D eigenvalue weighted by atomic mass is 16.3. The summed E-state index contributed by atoms with van der Waals surface area (Å²) in [5.41, 5.74) is 9.66. The Kier molecular flexibility index (Phi) is 4.97. The van der Waals surface area contributed by atoms with Gasteiger partial charge in [0.1, 0.15) is 11.2 Å². The van der Waals surface area contributed by atoms with E-state index in [0.29, 0.717) is 0 Å². The second kappa shape index (κ2) is 9.12. The second-order valence-electron chi connectivity index (χ2n) is 14.0. The molecule has 0 bridgehead atoms. The summed E-state index contributed by atoms with van der Waals surface area (Å²) >= 11 is 0. The fourth-order valence-corrected chi connectivity index (χ4v) is 8.98. The van der Waals surface area contributed by atoms with Gasteiger partial charge in [-0.3, -0.25) is 0 Å². The first kappa shape index (κ1) is 26.2. The molecule has 1 heterocycles. The van der Waals surface area contributed by atoms with Crippen molar-refractivity contribution in [2.75, 3.05) is 0 Å². The Morgan fingerprint density at radius 2 is 1.00 bits per heavy atom. The standard InChI is InChI=1S/C47H30O/c1-47(2)41-25-39-32-17-8-6-15-30(32)29-14-5-7-16-31(29)37(39)24-40(41)44-34-19-10-9-18-33(34)38(26-42(44)47)35-20-11-21-43-45(35)36-23-22-27-12-3-4-13-28(27)46(36)48-43/h3-26H,1-2H3. The highest BCUT2D eigenvalue weighted by Crippen LogP contribution is 2.55. The van der Waals surface area contributed by atoms with Crippen LogP contribution in [0.4, 0.5) is 0 Å². The van der Waals surface area contributed by atoms with Crippen LogP contribution in [0.5, 0.6) is 0 Å². The largest absolute Gasteiger partial charge is 0.455 e. The maximum Gasteiger partial charge on any atom is 0.143 e. The summed E-state index contributed by atoms with van der Waals surface area (Å²) in [6, 6.07) is 53.8. The van der Waals surface area contributed by atoms with Crippen molar-refractivity contribution in [2.24, 2.45) is 0 Å². The zero-order valence-corrected chi connectivity index (χ0v) is 26.8. The van der Waals surface area contributed by atoms with E-state index in [1.807, 2.05) is 0 Å². The Morgan fingerprint density at radius 1 is 0.396 bits per heavy atom. The highest BCUT2D eigenvalue weighted by Gasteiger charge is 2.38. The quantitative estimate of drug-likeness (QED) is 0.169. The number of hydrogen-bond donors (Lipinski definition) is 0. The lowest BCUT2D eigenvalue weighted by Crippen LogP contribution is -2.15. The molecule has 0 unspecified atom stereocenters. The maximum atomic E-state index is 6.64. The second-order valence-corrected chi connectivity index (χ2v) is 14.0. The van der Waals surface area contributed by atoms with Gasteiger partial charge in [0.05, 0.1) is 0 Å². The van der Waals surface area contributed by atoms with Gasteiger partial charge in [-0.25, -0.2) is 0 Å². The molecule has 10 aromatic rings. The van der Waals surface area contributed by atoms with E-state index in [2.05, 4.69) is 159 Å². The monoisotopic (exact) mass is 610 g/mol. The van der Waals surface area contributed by atoms with Crippen molar-refractivity contribution in [3.05, 3.63) is 157 Å². The number of rotatable bonds is 1. The minimum absolute atomic E-state index is 0.188. The number of hydrogen-bond acceptors (Lipinski definition) is 1. The minimum Gasteiger partial charge on any atom is -0.455 e. The van der Waals surface area contributed by atoms with Crippen LogP contribution in [0.3, 0.4) is 0 Å². The Labute approximate surface area is 277 Å². The molecule has 1 nitrogen and oxygen atoms in total. The third kappa shape index (κ3) is 3.26. The molecular formula is C47H30O. The van der Waals surface area contributed by atoms with Gasteiger partial charge in [-0.2, -0.15) is 0 Å². The van der Waals surface area contributed by atoms with Crippen LogP contribution < -0.4 is 0 Å². The fraction of sp³-hybridized carbons (Fsp3) is 0.0638. The first-order valence-corrected chi connectivity index (χ1v) is 16.9. The van der Waals surface area contributed by atoms with Crippen LogP contribution in [-0.4, -0.2) is 0 Å². The van der Waals surface area contributed by atoms with E-state index in [4.69, 9.17) is 4.42 Å². The van der Waals surface area contributed by atoms with Gasteiger partial charge in [-0.05, 0) is 112 Å². The third-order valence-electron chi connectivity index (χ3n) is 11.2. The van der Waals surface area contributed by atoms with Gasteiger partial charge in [-0.1, -0.05) is 129 Å². The first-order valence-electron chi connectivity index (χ1n) is 16.9. The Bertz CT molecular complexity index is 3030. The van der Waals surface area contributed by atoms with Crippen molar-refractivity contribution in [1.82, 2.24) is 0 Å². The summed E-state index contributed by atoms with van der Waals surface area (Å²) in [6.45, 7) is 4.82. The molecule has 0 amide bonds. The van der Waals surface area contributed by atoms with Crippen LogP contribution in [-0.2, 0) is 5.41 Å². The molecule has 0 fully saturated rings. The molecule has 9 aromatic carbocycles. The molecule has 0 radical (unpaired) electrons. The van der Waals surface area contributed by atoms with Gasteiger partial charge in [-0.15, -0.1) is 0 Å². The average Bonchev–Trinajstić information content (AvgIpc) is 3.63. The van der Waals surface area contributed by atoms with Gasteiger partial charge in [0.15, 0.2) is 0 Å². The summed E-state index contributed by atoms with van der Waals surface area (Å²) in [5.74, 6) is 0. The molecule has 1 aromatic heterocycles. The third-order valence-corrected chi connectivity index (χ3v) is 11.2. The molecule has 1 aliphatic rings. The van der Waals surface area contributed by atoms with Gasteiger partial charge in [0.25, 0.3) is 0 Å². The van der Waals surface area contributed by atoms with Gasteiger partial charge >= 0.3 is 0 Å². The molecule has 0 aliphatic heterocycles. The number of benzene rings is 9. The lowest BCUT2D eigenvalue weighted by molar-refractivity contribution is 0.662. The van der Waals surface area contributed by atoms with Crippen molar-refractivity contribution in [3.63, 3.8) is 0 Å². The van der Waals surface area contributed by atoms with E-state index >= 15 is 0 Å². The Hall–Kier alpha value is -5.92. The predicted octanol–water partition coefficient (Wildman–Crippen LogP) is 13.3. The van der Waals surface area contributed by atoms with Gasteiger partial charge in [0, 0.05) is 21.6 Å². The van der Waals surface area contributed by atoms with E-state index in [1.54, 1.807) is 0 Å². The molecule has 0 saturated carbocycles. The van der Waals surface area contributed by atoms with Gasteiger partial charge in [0.2, 0.25) is 0 Å². The average molecular weight is 611 g/mol. The van der Waals surface area contributed by atoms with Crippen molar-refractivity contribution in [3.8, 4) is 22.3 Å². The van der Waals surface area contributed by atoms with Crippen LogP contribution in [0, 0.1) is 0 Å². The van der Waals surface area contributed by atoms with E-state index in [0.717, 1.165) is 21.9 Å². The van der Waals surface area contributed by atoms with Gasteiger partial charge < -0.3 is 4.42 Å². The smallest absolute Gasteiger partial charge is 0.143 e. The van der Waals surface area contributed by atoms with Crippen LogP contribution in [0.25, 0.3) is 98.1 Å². The molecular weight excluding hydrogens is 581 g/mol. The summed E-state index contributed by atoms with van der Waals surface area (Å²) in [6.07, 6.45) is 0. The summed E-state index contributed by atoms with van der Waals surface area (Å²) in [7, 11) is 0. The molecule has 0 N–H and O–H groups in total. The highest BCUT2D eigenvalue weighted by molar-refractivity contribution is 6.27. The van der Waals surface area contributed by atoms with E-state index in [-0.39, 0.29) is 5.41 Å². The Balaban J connectivity index is 1.25.